The van der Waals surface area contributed by atoms with E-state index >= 15 is 0 Å². The number of ether oxygens (including phenoxy) is 1. The molecule has 1 N–H and O–H groups in total. The first-order valence-corrected chi connectivity index (χ1v) is 15.3. The van der Waals surface area contributed by atoms with Crippen LogP contribution in [0, 0.1) is 31.6 Å². The molecule has 3 heterocycles. The van der Waals surface area contributed by atoms with Gasteiger partial charge in [0.2, 0.25) is 0 Å². The zero-order chi connectivity index (χ0) is 27.8. The molecule has 210 valence electrons. The topological polar surface area (TPSA) is 83.0 Å². The Labute approximate surface area is 239 Å². The van der Waals surface area contributed by atoms with Crippen molar-refractivity contribution in [1.29, 1.82) is 0 Å². The minimum Gasteiger partial charge on any atom is -0.488 e. The number of carbonyl (C=O) groups is 2. The summed E-state index contributed by atoms with van der Waals surface area (Å²) in [5, 5.41) is 12.7. The van der Waals surface area contributed by atoms with E-state index in [1.165, 1.54) is 6.42 Å². The van der Waals surface area contributed by atoms with Crippen LogP contribution in [0.5, 0.6) is 5.75 Å². The van der Waals surface area contributed by atoms with Gasteiger partial charge in [-0.2, -0.15) is 0 Å². The van der Waals surface area contributed by atoms with E-state index in [1.807, 2.05) is 49.1 Å². The van der Waals surface area contributed by atoms with Crippen molar-refractivity contribution in [1.82, 2.24) is 9.88 Å². The van der Waals surface area contributed by atoms with Crippen molar-refractivity contribution >= 4 is 28.3 Å². The molecular weight excluding hydrogens is 522 g/mol. The first-order valence-electron chi connectivity index (χ1n) is 14.4. The molecule has 1 aliphatic carbocycles. The van der Waals surface area contributed by atoms with E-state index < -0.39 is 5.97 Å². The molecule has 7 nitrogen and oxygen atoms in total. The summed E-state index contributed by atoms with van der Waals surface area (Å²) in [7, 11) is 0. The Morgan fingerprint density at radius 2 is 1.77 bits per heavy atom. The molecule has 1 amide bonds. The van der Waals surface area contributed by atoms with Crippen molar-refractivity contribution < 1.29 is 19.4 Å². The van der Waals surface area contributed by atoms with Gasteiger partial charge in [-0.05, 0) is 92.7 Å². The van der Waals surface area contributed by atoms with Gasteiger partial charge in [-0.3, -0.25) is 9.59 Å². The number of likely N-dealkylation sites (tertiary alicyclic amines) is 1. The summed E-state index contributed by atoms with van der Waals surface area (Å²) in [6, 6.07) is 12.1. The fourth-order valence-electron chi connectivity index (χ4n) is 6.78. The first kappa shape index (κ1) is 26.8. The van der Waals surface area contributed by atoms with Gasteiger partial charge in [0.1, 0.15) is 12.4 Å². The molecule has 0 spiro atoms. The van der Waals surface area contributed by atoms with Gasteiger partial charge >= 0.3 is 5.97 Å². The molecule has 2 aromatic carbocycles. The van der Waals surface area contributed by atoms with Gasteiger partial charge < -0.3 is 19.6 Å². The predicted molar refractivity (Wildman–Crippen MR) is 157 cm³/mol. The number of anilines is 1. The minimum atomic E-state index is -0.646. The number of benzene rings is 2. The quantitative estimate of drug-likeness (QED) is 0.372. The molecule has 8 heteroatoms. The van der Waals surface area contributed by atoms with Gasteiger partial charge in [-0.25, -0.2) is 4.98 Å². The summed E-state index contributed by atoms with van der Waals surface area (Å²) in [4.78, 5) is 33.9. The van der Waals surface area contributed by atoms with Crippen molar-refractivity contribution in [2.24, 2.45) is 17.8 Å². The Hall–Kier alpha value is -3.39. The van der Waals surface area contributed by atoms with E-state index in [4.69, 9.17) is 9.72 Å². The third-order valence-corrected chi connectivity index (χ3v) is 9.88. The fourth-order valence-corrected chi connectivity index (χ4v) is 7.63. The Kier molecular flexibility index (Phi) is 7.53. The number of rotatable bonds is 7. The molecule has 0 radical (unpaired) electrons. The van der Waals surface area contributed by atoms with Crippen LogP contribution in [0.2, 0.25) is 0 Å². The van der Waals surface area contributed by atoms with Gasteiger partial charge in [0.15, 0.2) is 5.13 Å². The highest BCUT2D eigenvalue weighted by atomic mass is 32.1. The fraction of sp³-hybridized carbons (Fsp3) is 0.469. The van der Waals surface area contributed by atoms with Crippen LogP contribution in [-0.2, 0) is 11.4 Å². The lowest BCUT2D eigenvalue weighted by molar-refractivity contribution is -0.144. The van der Waals surface area contributed by atoms with E-state index in [2.05, 4.69) is 16.3 Å². The zero-order valence-electron chi connectivity index (χ0n) is 23.3. The summed E-state index contributed by atoms with van der Waals surface area (Å²) >= 11 is 1.62. The minimum absolute atomic E-state index is 0.121. The largest absolute Gasteiger partial charge is 0.488 e. The molecule has 1 saturated carbocycles. The highest BCUT2D eigenvalue weighted by Gasteiger charge is 2.46. The number of amides is 1. The lowest BCUT2D eigenvalue weighted by atomic mass is 9.85. The van der Waals surface area contributed by atoms with Gasteiger partial charge in [0.25, 0.3) is 5.91 Å². The van der Waals surface area contributed by atoms with Crippen LogP contribution in [0.25, 0.3) is 11.3 Å². The van der Waals surface area contributed by atoms with Crippen LogP contribution in [0.1, 0.15) is 59.2 Å². The summed E-state index contributed by atoms with van der Waals surface area (Å²) in [6.45, 7) is 7.70. The van der Waals surface area contributed by atoms with Crippen molar-refractivity contribution in [3.8, 4) is 17.0 Å². The molecule has 2 saturated heterocycles. The van der Waals surface area contributed by atoms with Crippen LogP contribution in [0.15, 0.2) is 41.8 Å². The number of piperidine rings is 2. The average molecular weight is 560 g/mol. The summed E-state index contributed by atoms with van der Waals surface area (Å²) < 4.78 is 6.44. The molecule has 1 unspecified atom stereocenters. The molecule has 3 fully saturated rings. The number of carboxylic acid groups (broad SMARTS) is 1. The number of thiazole rings is 1. The Morgan fingerprint density at radius 3 is 2.48 bits per heavy atom. The van der Waals surface area contributed by atoms with E-state index in [1.54, 1.807) is 11.3 Å². The maximum Gasteiger partial charge on any atom is 0.307 e. The number of nitrogens with zero attached hydrogens (tertiary/aromatic N) is 3. The Bertz CT molecular complexity index is 1400. The molecule has 2 aliphatic heterocycles. The summed E-state index contributed by atoms with van der Waals surface area (Å²) in [5.41, 5.74) is 5.73. The van der Waals surface area contributed by atoms with Gasteiger partial charge in [-0.15, -0.1) is 11.3 Å². The number of carboxylic acids is 1. The van der Waals surface area contributed by atoms with E-state index in [9.17, 15) is 14.7 Å². The molecule has 6 rings (SSSR count). The second kappa shape index (κ2) is 11.2. The Balaban J connectivity index is 1.17. The van der Waals surface area contributed by atoms with Crippen molar-refractivity contribution in [3.63, 3.8) is 0 Å². The maximum absolute atomic E-state index is 12.9. The van der Waals surface area contributed by atoms with Crippen LogP contribution in [0.3, 0.4) is 0 Å². The number of aliphatic carboxylic acids is 1. The standard InChI is InChI=1S/C32H37N3O4S/c1-20-7-6-8-26(27-19-40-32(33-27)35-16-23-10-11-24(17-35)28(23)31(37)38)29(20)39-18-25-12-9-22(15-21(25)2)30(36)34-13-4-3-5-14-34/h6-9,12,15,19,23-24,28H,3-5,10-11,13-14,16-18H2,1-2H3,(H,37,38)/t23-,24+,28?. The van der Waals surface area contributed by atoms with E-state index in [0.717, 1.165) is 96.3 Å². The third kappa shape index (κ3) is 5.21. The Morgan fingerprint density at radius 1 is 1.02 bits per heavy atom. The van der Waals surface area contributed by atoms with Crippen LogP contribution in [0.4, 0.5) is 5.13 Å². The smallest absolute Gasteiger partial charge is 0.307 e. The van der Waals surface area contributed by atoms with Crippen LogP contribution < -0.4 is 9.64 Å². The van der Waals surface area contributed by atoms with Crippen LogP contribution >= 0.6 is 11.3 Å². The van der Waals surface area contributed by atoms with Crippen molar-refractivity contribution in [2.45, 2.75) is 52.6 Å². The predicted octanol–water partition coefficient (Wildman–Crippen LogP) is 6.18. The van der Waals surface area contributed by atoms with Gasteiger partial charge in [0, 0.05) is 42.7 Å². The third-order valence-electron chi connectivity index (χ3n) is 8.97. The zero-order valence-corrected chi connectivity index (χ0v) is 24.1. The SMILES string of the molecule is Cc1cc(C(=O)N2CCCCC2)ccc1COc1c(C)cccc1-c1csc(N2C[C@H]3CC[C@@H](C2)C3C(=O)O)n1. The lowest BCUT2D eigenvalue weighted by Crippen LogP contribution is -2.44. The number of para-hydroxylation sites is 1. The number of fused-ring (bicyclic) bond motifs is 2. The number of aryl methyl sites for hydroxylation is 2. The van der Waals surface area contributed by atoms with Crippen LogP contribution in [-0.4, -0.2) is 53.0 Å². The molecule has 3 atom stereocenters. The van der Waals surface area contributed by atoms with Crippen molar-refractivity contribution in [2.75, 3.05) is 31.1 Å². The van der Waals surface area contributed by atoms with Gasteiger partial charge in [-0.1, -0.05) is 18.2 Å². The molecular formula is C32H37N3O4S. The number of carbonyl (C=O) groups excluding carboxylic acids is 1. The van der Waals surface area contributed by atoms with E-state index in [0.29, 0.717) is 6.61 Å². The number of hydrogen-bond acceptors (Lipinski definition) is 6. The maximum atomic E-state index is 12.9. The number of hydrogen-bond donors (Lipinski definition) is 1. The second-order valence-electron chi connectivity index (χ2n) is 11.6. The average Bonchev–Trinajstić information content (AvgIpc) is 3.55. The van der Waals surface area contributed by atoms with Gasteiger partial charge in [0.05, 0.1) is 11.6 Å². The normalized spacial score (nSPS) is 22.4. The highest BCUT2D eigenvalue weighted by molar-refractivity contribution is 7.14. The monoisotopic (exact) mass is 559 g/mol. The summed E-state index contributed by atoms with van der Waals surface area (Å²) in [5.74, 6) is 0.477. The summed E-state index contributed by atoms with van der Waals surface area (Å²) in [6.07, 6.45) is 5.34. The molecule has 40 heavy (non-hydrogen) atoms. The highest BCUT2D eigenvalue weighted by Crippen LogP contribution is 2.44. The molecule has 2 bridgehead atoms. The molecule has 3 aliphatic rings. The number of aromatic nitrogens is 1. The van der Waals surface area contributed by atoms with Crippen molar-refractivity contribution in [3.05, 3.63) is 64.0 Å². The molecule has 1 aromatic heterocycles. The lowest BCUT2D eigenvalue weighted by Gasteiger charge is -2.35. The van der Waals surface area contributed by atoms with E-state index in [-0.39, 0.29) is 23.7 Å². The second-order valence-corrected chi connectivity index (χ2v) is 12.5. The first-order chi connectivity index (χ1) is 19.4. The molecule has 3 aromatic rings.